The first-order chi connectivity index (χ1) is 9.08. The largest absolute Gasteiger partial charge is 0.487 e. The third kappa shape index (κ3) is 3.49. The summed E-state index contributed by atoms with van der Waals surface area (Å²) in [5.74, 6) is 0.349. The van der Waals surface area contributed by atoms with Crippen LogP contribution in [0.2, 0.25) is 10.0 Å². The Morgan fingerprint density at radius 2 is 1.79 bits per heavy atom. The van der Waals surface area contributed by atoms with Gasteiger partial charge in [-0.25, -0.2) is 0 Å². The molecule has 0 unspecified atom stereocenters. The number of carbonyl (C=O) groups excluding carboxylic acids is 1. The van der Waals surface area contributed by atoms with Gasteiger partial charge in [-0.1, -0.05) is 53.5 Å². The fraction of sp³-hybridized carbons (Fsp3) is 0.133. The number of halogens is 2. The first-order valence-electron chi connectivity index (χ1n) is 5.74. The molecule has 2 nitrogen and oxygen atoms in total. The van der Waals surface area contributed by atoms with E-state index in [1.54, 1.807) is 6.07 Å². The van der Waals surface area contributed by atoms with Gasteiger partial charge >= 0.3 is 0 Å². The Labute approximate surface area is 121 Å². The molecule has 0 aliphatic rings. The topological polar surface area (TPSA) is 26.3 Å². The number of hydrogen-bond donors (Lipinski definition) is 0. The Morgan fingerprint density at radius 3 is 2.42 bits per heavy atom. The quantitative estimate of drug-likeness (QED) is 0.759. The molecular formula is C15H12Cl2O2. The summed E-state index contributed by atoms with van der Waals surface area (Å²) in [5, 5.41) is 0.727. The third-order valence-electron chi connectivity index (χ3n) is 2.64. The highest BCUT2D eigenvalue weighted by Gasteiger charge is 2.11. The van der Waals surface area contributed by atoms with E-state index in [9.17, 15) is 4.79 Å². The van der Waals surface area contributed by atoms with Crippen molar-refractivity contribution >= 4 is 29.0 Å². The molecule has 4 heteroatoms. The number of carbonyl (C=O) groups is 1. The predicted molar refractivity (Wildman–Crippen MR) is 77.2 cm³/mol. The molecule has 2 aromatic carbocycles. The predicted octanol–water partition coefficient (Wildman–Crippen LogP) is 4.78. The second kappa shape index (κ2) is 6.09. The molecule has 0 saturated heterocycles. The lowest BCUT2D eigenvalue weighted by atomic mass is 10.1. The van der Waals surface area contributed by atoms with Gasteiger partial charge in [0.1, 0.15) is 12.4 Å². The molecule has 0 amide bonds. The SMILES string of the molecule is CC(=O)c1cc(Cl)c(OCc2ccccc2)cc1Cl. The number of benzene rings is 2. The van der Waals surface area contributed by atoms with Crippen LogP contribution in [0.15, 0.2) is 42.5 Å². The minimum Gasteiger partial charge on any atom is -0.487 e. The maximum absolute atomic E-state index is 11.3. The van der Waals surface area contributed by atoms with E-state index in [4.69, 9.17) is 27.9 Å². The van der Waals surface area contributed by atoms with Crippen molar-refractivity contribution in [3.63, 3.8) is 0 Å². The average molecular weight is 295 g/mol. The smallest absolute Gasteiger partial charge is 0.161 e. The van der Waals surface area contributed by atoms with Gasteiger partial charge in [-0.15, -0.1) is 0 Å². The monoisotopic (exact) mass is 294 g/mol. The maximum atomic E-state index is 11.3. The lowest BCUT2D eigenvalue weighted by Crippen LogP contribution is -1.98. The van der Waals surface area contributed by atoms with Crippen molar-refractivity contribution in [2.45, 2.75) is 13.5 Å². The molecule has 0 bridgehead atoms. The normalized spacial score (nSPS) is 10.3. The van der Waals surface area contributed by atoms with Crippen molar-refractivity contribution in [2.75, 3.05) is 0 Å². The second-order valence-electron chi connectivity index (χ2n) is 4.09. The zero-order valence-corrected chi connectivity index (χ0v) is 11.8. The van der Waals surface area contributed by atoms with Crippen LogP contribution in [0, 0.1) is 0 Å². The van der Waals surface area contributed by atoms with Gasteiger partial charge in [-0.2, -0.15) is 0 Å². The van der Waals surface area contributed by atoms with Crippen molar-refractivity contribution in [1.82, 2.24) is 0 Å². The van der Waals surface area contributed by atoms with Crippen molar-refractivity contribution < 1.29 is 9.53 Å². The molecule has 0 heterocycles. The van der Waals surface area contributed by atoms with Gasteiger partial charge in [0.05, 0.1) is 10.0 Å². The molecular weight excluding hydrogens is 283 g/mol. The van der Waals surface area contributed by atoms with E-state index in [0.717, 1.165) is 5.56 Å². The van der Waals surface area contributed by atoms with E-state index in [1.807, 2.05) is 30.3 Å². The average Bonchev–Trinajstić information content (AvgIpc) is 2.40. The highest BCUT2D eigenvalue weighted by Crippen LogP contribution is 2.31. The zero-order valence-electron chi connectivity index (χ0n) is 10.3. The summed E-state index contributed by atoms with van der Waals surface area (Å²) in [5.41, 5.74) is 1.43. The van der Waals surface area contributed by atoms with Crippen LogP contribution in [-0.2, 0) is 6.61 Å². The Balaban J connectivity index is 2.17. The van der Waals surface area contributed by atoms with Crippen LogP contribution in [-0.4, -0.2) is 5.78 Å². The summed E-state index contributed by atoms with van der Waals surface area (Å²) in [4.78, 5) is 11.3. The molecule has 0 aliphatic heterocycles. The van der Waals surface area contributed by atoms with Gasteiger partial charge in [0.15, 0.2) is 5.78 Å². The Hall–Kier alpha value is -1.51. The van der Waals surface area contributed by atoms with Crippen LogP contribution < -0.4 is 4.74 Å². The van der Waals surface area contributed by atoms with Gasteiger partial charge < -0.3 is 4.74 Å². The minimum atomic E-state index is -0.124. The molecule has 0 radical (unpaired) electrons. The third-order valence-corrected chi connectivity index (χ3v) is 3.25. The fourth-order valence-electron chi connectivity index (χ4n) is 1.64. The molecule has 19 heavy (non-hydrogen) atoms. The first kappa shape index (κ1) is 13.9. The highest BCUT2D eigenvalue weighted by molar-refractivity contribution is 6.36. The molecule has 0 fully saturated rings. The van der Waals surface area contributed by atoms with Gasteiger partial charge in [-0.05, 0) is 18.6 Å². The maximum Gasteiger partial charge on any atom is 0.161 e. The number of hydrogen-bond acceptors (Lipinski definition) is 2. The fourth-order valence-corrected chi connectivity index (χ4v) is 2.15. The van der Waals surface area contributed by atoms with Crippen LogP contribution in [0.5, 0.6) is 5.75 Å². The summed E-state index contributed by atoms with van der Waals surface area (Å²) in [6, 6.07) is 12.8. The van der Waals surface area contributed by atoms with E-state index in [1.165, 1.54) is 13.0 Å². The Kier molecular flexibility index (Phi) is 4.46. The number of ketones is 1. The van der Waals surface area contributed by atoms with Crippen molar-refractivity contribution in [2.24, 2.45) is 0 Å². The van der Waals surface area contributed by atoms with Crippen molar-refractivity contribution in [1.29, 1.82) is 0 Å². The van der Waals surface area contributed by atoms with Gasteiger partial charge in [0.25, 0.3) is 0 Å². The Bertz CT molecular complexity index is 595. The standard InChI is InChI=1S/C15H12Cl2O2/c1-10(18)12-7-14(17)15(8-13(12)16)19-9-11-5-3-2-4-6-11/h2-8H,9H2,1H3. The molecule has 0 spiro atoms. The number of ether oxygens (including phenoxy) is 1. The molecule has 2 rings (SSSR count). The molecule has 0 aromatic heterocycles. The summed E-state index contributed by atoms with van der Waals surface area (Å²) in [6.07, 6.45) is 0. The van der Waals surface area contributed by atoms with Crippen molar-refractivity contribution in [3.8, 4) is 5.75 Å². The summed E-state index contributed by atoms with van der Waals surface area (Å²) < 4.78 is 5.61. The molecule has 0 aliphatic carbocycles. The lowest BCUT2D eigenvalue weighted by Gasteiger charge is -2.10. The van der Waals surface area contributed by atoms with Gasteiger partial charge in [0.2, 0.25) is 0 Å². The molecule has 2 aromatic rings. The van der Waals surface area contributed by atoms with Crippen LogP contribution in [0.3, 0.4) is 0 Å². The zero-order chi connectivity index (χ0) is 13.8. The molecule has 0 atom stereocenters. The Morgan fingerprint density at radius 1 is 1.11 bits per heavy atom. The summed E-state index contributed by atoms with van der Waals surface area (Å²) in [7, 11) is 0. The molecule has 98 valence electrons. The lowest BCUT2D eigenvalue weighted by molar-refractivity contribution is 0.101. The van der Waals surface area contributed by atoms with E-state index >= 15 is 0 Å². The van der Waals surface area contributed by atoms with Crippen LogP contribution in [0.25, 0.3) is 0 Å². The number of Topliss-reactive ketones (excluding diaryl/α,β-unsaturated/α-hetero) is 1. The summed E-state index contributed by atoms with van der Waals surface area (Å²) >= 11 is 12.1. The second-order valence-corrected chi connectivity index (χ2v) is 4.91. The first-order valence-corrected chi connectivity index (χ1v) is 6.50. The van der Waals surface area contributed by atoms with Crippen LogP contribution >= 0.6 is 23.2 Å². The van der Waals surface area contributed by atoms with Crippen molar-refractivity contribution in [3.05, 3.63) is 63.6 Å². The van der Waals surface area contributed by atoms with E-state index < -0.39 is 0 Å². The highest BCUT2D eigenvalue weighted by atomic mass is 35.5. The van der Waals surface area contributed by atoms with E-state index in [2.05, 4.69) is 0 Å². The van der Waals surface area contributed by atoms with Crippen LogP contribution in [0.1, 0.15) is 22.8 Å². The number of rotatable bonds is 4. The summed E-state index contributed by atoms with van der Waals surface area (Å²) in [6.45, 7) is 1.85. The van der Waals surface area contributed by atoms with E-state index in [-0.39, 0.29) is 5.78 Å². The van der Waals surface area contributed by atoms with Gasteiger partial charge in [-0.3, -0.25) is 4.79 Å². The van der Waals surface area contributed by atoms with Crippen LogP contribution in [0.4, 0.5) is 0 Å². The van der Waals surface area contributed by atoms with Gasteiger partial charge in [0, 0.05) is 11.6 Å². The molecule has 0 N–H and O–H groups in total. The minimum absolute atomic E-state index is 0.124. The van der Waals surface area contributed by atoms with E-state index in [0.29, 0.717) is 28.0 Å². The molecule has 0 saturated carbocycles.